The summed E-state index contributed by atoms with van der Waals surface area (Å²) in [6, 6.07) is 0. The van der Waals surface area contributed by atoms with E-state index in [4.69, 9.17) is 16.7 Å². The molecule has 0 bridgehead atoms. The van der Waals surface area contributed by atoms with Crippen LogP contribution < -0.4 is 0 Å². The first kappa shape index (κ1) is 10.4. The van der Waals surface area contributed by atoms with Crippen molar-refractivity contribution in [2.75, 3.05) is 0 Å². The molecule has 6 nitrogen and oxygen atoms in total. The number of hydrogen-bond acceptors (Lipinski definition) is 5. The van der Waals surface area contributed by atoms with Crippen molar-refractivity contribution in [3.63, 3.8) is 0 Å². The second-order valence-corrected chi connectivity index (χ2v) is 4.77. The van der Waals surface area contributed by atoms with Gasteiger partial charge in [0.25, 0.3) is 0 Å². The number of aromatic nitrogens is 4. The van der Waals surface area contributed by atoms with E-state index >= 15 is 0 Å². The van der Waals surface area contributed by atoms with Gasteiger partial charge in [0, 0.05) is 7.05 Å². The van der Waals surface area contributed by atoms with Crippen molar-refractivity contribution in [3.8, 4) is 0 Å². The molecule has 0 amide bonds. The Morgan fingerprint density at radius 3 is 2.94 bits per heavy atom. The van der Waals surface area contributed by atoms with Crippen LogP contribution in [0.2, 0.25) is 5.15 Å². The molecule has 0 spiro atoms. The Bertz CT molecular complexity index is 763. The molecular weight excluding hydrogens is 264 g/mol. The van der Waals surface area contributed by atoms with Gasteiger partial charge in [0.2, 0.25) is 5.01 Å². The fourth-order valence-corrected chi connectivity index (χ4v) is 2.69. The SMILES string of the molecule is Cn1cnc2c(Cl)nc3sc(C(=O)O)nc3c21. The molecule has 1 N–H and O–H groups in total. The van der Waals surface area contributed by atoms with Crippen LogP contribution in [0.3, 0.4) is 0 Å². The number of nitrogens with zero attached hydrogens (tertiary/aromatic N) is 4. The lowest BCUT2D eigenvalue weighted by Crippen LogP contribution is -1.94. The van der Waals surface area contributed by atoms with Crippen LogP contribution >= 0.6 is 22.9 Å². The number of hydrogen-bond donors (Lipinski definition) is 1. The highest BCUT2D eigenvalue weighted by Crippen LogP contribution is 2.30. The first-order chi connectivity index (χ1) is 8.08. The van der Waals surface area contributed by atoms with E-state index in [1.807, 2.05) is 0 Å². The van der Waals surface area contributed by atoms with Crippen LogP contribution in [0, 0.1) is 0 Å². The van der Waals surface area contributed by atoms with Crippen LogP contribution in [0.1, 0.15) is 9.80 Å². The third kappa shape index (κ3) is 1.39. The molecule has 0 fully saturated rings. The minimum absolute atomic E-state index is 0.00253. The van der Waals surface area contributed by atoms with E-state index in [0.29, 0.717) is 21.4 Å². The molecule has 0 saturated heterocycles. The molecule has 0 aliphatic rings. The van der Waals surface area contributed by atoms with Gasteiger partial charge in [-0.05, 0) is 0 Å². The number of imidazole rings is 1. The third-order valence-corrected chi connectivity index (χ3v) is 3.55. The molecular formula is C9H5ClN4O2S. The fraction of sp³-hybridized carbons (Fsp3) is 0.111. The van der Waals surface area contributed by atoms with Crippen LogP contribution in [-0.4, -0.2) is 30.6 Å². The number of carboxylic acids is 1. The molecule has 0 aliphatic carbocycles. The molecule has 0 unspecified atom stereocenters. The zero-order valence-corrected chi connectivity index (χ0v) is 10.1. The minimum Gasteiger partial charge on any atom is -0.476 e. The van der Waals surface area contributed by atoms with E-state index in [0.717, 1.165) is 11.3 Å². The van der Waals surface area contributed by atoms with Crippen molar-refractivity contribution in [2.24, 2.45) is 7.05 Å². The lowest BCUT2D eigenvalue weighted by atomic mass is 10.4. The highest BCUT2D eigenvalue weighted by molar-refractivity contribution is 7.19. The zero-order valence-electron chi connectivity index (χ0n) is 8.51. The summed E-state index contributed by atoms with van der Waals surface area (Å²) in [6.45, 7) is 0. The topological polar surface area (TPSA) is 80.9 Å². The molecule has 0 aromatic carbocycles. The predicted octanol–water partition coefficient (Wildman–Crippen LogP) is 1.93. The first-order valence-corrected chi connectivity index (χ1v) is 5.77. The predicted molar refractivity (Wildman–Crippen MR) is 63.7 cm³/mol. The molecule has 17 heavy (non-hydrogen) atoms. The van der Waals surface area contributed by atoms with E-state index in [2.05, 4.69) is 15.0 Å². The number of rotatable bonds is 1. The van der Waals surface area contributed by atoms with Crippen LogP contribution in [0.15, 0.2) is 6.33 Å². The standard InChI is InChI=1S/C9H5ClN4O2S/c1-14-2-11-3-5(14)4-7(13-6(3)10)17-8(12-4)9(15)16/h2H,1H3,(H,15,16). The lowest BCUT2D eigenvalue weighted by Gasteiger charge is -1.96. The number of halogens is 1. The zero-order chi connectivity index (χ0) is 12.2. The lowest BCUT2D eigenvalue weighted by molar-refractivity contribution is 0.0696. The number of aromatic carboxylic acids is 1. The number of carboxylic acid groups (broad SMARTS) is 1. The molecule has 3 aromatic rings. The fourth-order valence-electron chi connectivity index (χ4n) is 1.64. The Balaban J connectivity index is 2.53. The van der Waals surface area contributed by atoms with Gasteiger partial charge in [-0.3, -0.25) is 0 Å². The smallest absolute Gasteiger partial charge is 0.365 e. The number of aryl methyl sites for hydroxylation is 1. The van der Waals surface area contributed by atoms with Crippen LogP contribution in [0.4, 0.5) is 0 Å². The Labute approximate surface area is 104 Å². The van der Waals surface area contributed by atoms with Crippen LogP contribution in [0.5, 0.6) is 0 Å². The number of pyridine rings is 1. The van der Waals surface area contributed by atoms with E-state index in [9.17, 15) is 4.79 Å². The van der Waals surface area contributed by atoms with Gasteiger partial charge in [-0.1, -0.05) is 22.9 Å². The summed E-state index contributed by atoms with van der Waals surface area (Å²) in [7, 11) is 1.80. The Morgan fingerprint density at radius 1 is 1.47 bits per heavy atom. The normalized spacial score (nSPS) is 11.4. The number of fused-ring (bicyclic) bond motifs is 3. The monoisotopic (exact) mass is 268 g/mol. The van der Waals surface area contributed by atoms with Crippen LogP contribution in [-0.2, 0) is 7.05 Å². The second kappa shape index (κ2) is 3.38. The maximum absolute atomic E-state index is 10.9. The molecule has 0 radical (unpaired) electrons. The van der Waals surface area contributed by atoms with Gasteiger partial charge >= 0.3 is 5.97 Å². The summed E-state index contributed by atoms with van der Waals surface area (Å²) in [5.41, 5.74) is 1.75. The van der Waals surface area contributed by atoms with Gasteiger partial charge in [-0.15, -0.1) is 0 Å². The summed E-state index contributed by atoms with van der Waals surface area (Å²) in [4.78, 5) is 23.6. The number of thiazole rings is 1. The largest absolute Gasteiger partial charge is 0.476 e. The molecule has 3 heterocycles. The Kier molecular flexibility index (Phi) is 2.07. The molecule has 3 rings (SSSR count). The van der Waals surface area contributed by atoms with Crippen molar-refractivity contribution >= 4 is 50.3 Å². The molecule has 0 aliphatic heterocycles. The van der Waals surface area contributed by atoms with Gasteiger partial charge in [0.15, 0.2) is 5.15 Å². The Morgan fingerprint density at radius 2 is 2.24 bits per heavy atom. The number of carbonyl (C=O) groups is 1. The van der Waals surface area contributed by atoms with Crippen molar-refractivity contribution in [3.05, 3.63) is 16.5 Å². The minimum atomic E-state index is -1.07. The average molecular weight is 269 g/mol. The van der Waals surface area contributed by atoms with E-state index in [1.165, 1.54) is 0 Å². The summed E-state index contributed by atoms with van der Waals surface area (Å²) in [6.07, 6.45) is 1.59. The highest BCUT2D eigenvalue weighted by atomic mass is 35.5. The first-order valence-electron chi connectivity index (χ1n) is 4.58. The molecule has 3 aromatic heterocycles. The maximum atomic E-state index is 10.9. The van der Waals surface area contributed by atoms with E-state index in [1.54, 1.807) is 17.9 Å². The van der Waals surface area contributed by atoms with E-state index < -0.39 is 5.97 Å². The van der Waals surface area contributed by atoms with Crippen LogP contribution in [0.25, 0.3) is 21.4 Å². The van der Waals surface area contributed by atoms with Gasteiger partial charge in [0.1, 0.15) is 21.4 Å². The third-order valence-electron chi connectivity index (χ3n) is 2.35. The molecule has 0 saturated carbocycles. The summed E-state index contributed by atoms with van der Waals surface area (Å²) < 4.78 is 1.75. The molecule has 8 heteroatoms. The molecule has 86 valence electrons. The quantitative estimate of drug-likeness (QED) is 0.682. The van der Waals surface area contributed by atoms with Gasteiger partial charge in [-0.25, -0.2) is 19.7 Å². The van der Waals surface area contributed by atoms with Crippen molar-refractivity contribution in [2.45, 2.75) is 0 Å². The average Bonchev–Trinajstić information content (AvgIpc) is 2.82. The van der Waals surface area contributed by atoms with Gasteiger partial charge < -0.3 is 9.67 Å². The maximum Gasteiger partial charge on any atom is 0.365 e. The Hall–Kier alpha value is -1.73. The van der Waals surface area contributed by atoms with Gasteiger partial charge in [-0.2, -0.15) is 0 Å². The molecule has 0 atom stereocenters. The van der Waals surface area contributed by atoms with Crippen molar-refractivity contribution in [1.82, 2.24) is 19.5 Å². The van der Waals surface area contributed by atoms with Crippen molar-refractivity contribution < 1.29 is 9.90 Å². The summed E-state index contributed by atoms with van der Waals surface area (Å²) in [5.74, 6) is -1.07. The highest BCUT2D eigenvalue weighted by Gasteiger charge is 2.18. The van der Waals surface area contributed by atoms with E-state index in [-0.39, 0.29) is 10.2 Å². The summed E-state index contributed by atoms with van der Waals surface area (Å²) in [5, 5.41) is 9.17. The van der Waals surface area contributed by atoms with Gasteiger partial charge in [0.05, 0.1) is 6.33 Å². The van der Waals surface area contributed by atoms with Crippen molar-refractivity contribution in [1.29, 1.82) is 0 Å². The summed E-state index contributed by atoms with van der Waals surface area (Å²) >= 11 is 6.98. The second-order valence-electron chi connectivity index (χ2n) is 3.43.